The van der Waals surface area contributed by atoms with Gasteiger partial charge in [0.1, 0.15) is 12.0 Å². The van der Waals surface area contributed by atoms with Gasteiger partial charge in [-0.25, -0.2) is 4.39 Å². The predicted octanol–water partition coefficient (Wildman–Crippen LogP) is 5.16. The lowest BCUT2D eigenvalue weighted by Gasteiger charge is -2.37. The lowest BCUT2D eigenvalue weighted by atomic mass is 9.87. The fraction of sp³-hybridized carbons (Fsp3) is 0.621. The van der Waals surface area contributed by atoms with E-state index in [0.717, 1.165) is 67.5 Å². The predicted molar refractivity (Wildman–Crippen MR) is 150 cm³/mol. The van der Waals surface area contributed by atoms with Crippen molar-refractivity contribution < 1.29 is 13.9 Å². The Kier molecular flexibility index (Phi) is 8.50. The second-order valence-corrected chi connectivity index (χ2v) is 10.8. The maximum atomic E-state index is 12.6. The number of benzene rings is 1. The van der Waals surface area contributed by atoms with Gasteiger partial charge in [0, 0.05) is 42.4 Å². The van der Waals surface area contributed by atoms with Gasteiger partial charge in [-0.05, 0) is 55.8 Å². The second-order valence-electron chi connectivity index (χ2n) is 10.3. The topological polar surface area (TPSA) is 63.1 Å². The SMILES string of the molecule is CC.COc1nc2c(c(N3CC=NCC3)n1)COC1(CCc3c(Cl)cccc31)C2.FC1CC2CCCN2C1. The molecular formula is C29H39ClFN5O2. The van der Waals surface area contributed by atoms with Gasteiger partial charge in [-0.3, -0.25) is 9.89 Å². The number of hydrogen-bond acceptors (Lipinski definition) is 7. The Labute approximate surface area is 230 Å². The summed E-state index contributed by atoms with van der Waals surface area (Å²) in [5, 5.41) is 0.826. The summed E-state index contributed by atoms with van der Waals surface area (Å²) < 4.78 is 24.5. The highest BCUT2D eigenvalue weighted by atomic mass is 35.5. The van der Waals surface area contributed by atoms with Gasteiger partial charge >= 0.3 is 6.01 Å². The molecule has 5 aliphatic rings. The van der Waals surface area contributed by atoms with E-state index in [2.05, 4.69) is 25.8 Å². The minimum absolute atomic E-state index is 0.354. The van der Waals surface area contributed by atoms with Crippen molar-refractivity contribution in [1.29, 1.82) is 0 Å². The molecular weight excluding hydrogens is 505 g/mol. The van der Waals surface area contributed by atoms with Crippen molar-refractivity contribution in [3.63, 3.8) is 0 Å². The van der Waals surface area contributed by atoms with Crippen LogP contribution in [0.15, 0.2) is 23.2 Å². The molecule has 7 nitrogen and oxygen atoms in total. The molecule has 0 N–H and O–H groups in total. The van der Waals surface area contributed by atoms with E-state index in [4.69, 9.17) is 26.1 Å². The van der Waals surface area contributed by atoms with Gasteiger partial charge in [0.05, 0.1) is 38.1 Å². The molecule has 3 unspecified atom stereocenters. The molecule has 2 fully saturated rings. The first-order valence-corrected chi connectivity index (χ1v) is 14.4. The molecule has 38 heavy (non-hydrogen) atoms. The second kappa shape index (κ2) is 11.8. The van der Waals surface area contributed by atoms with E-state index >= 15 is 0 Å². The fourth-order valence-electron chi connectivity index (χ4n) is 6.44. The Balaban J connectivity index is 0.000000223. The Morgan fingerprint density at radius 3 is 2.82 bits per heavy atom. The molecule has 7 rings (SSSR count). The zero-order valence-corrected chi connectivity index (χ0v) is 23.5. The van der Waals surface area contributed by atoms with Crippen molar-refractivity contribution in [3.8, 4) is 6.01 Å². The van der Waals surface area contributed by atoms with Crippen LogP contribution in [-0.4, -0.2) is 73.1 Å². The highest BCUT2D eigenvalue weighted by Crippen LogP contribution is 2.48. The summed E-state index contributed by atoms with van der Waals surface area (Å²) >= 11 is 6.43. The lowest BCUT2D eigenvalue weighted by Crippen LogP contribution is -2.38. The van der Waals surface area contributed by atoms with Crippen LogP contribution in [0.4, 0.5) is 10.2 Å². The van der Waals surface area contributed by atoms with Crippen molar-refractivity contribution in [2.45, 2.75) is 76.8 Å². The van der Waals surface area contributed by atoms with Gasteiger partial charge in [0.25, 0.3) is 0 Å². The van der Waals surface area contributed by atoms with Gasteiger partial charge in [-0.15, -0.1) is 0 Å². The van der Waals surface area contributed by atoms with Gasteiger partial charge in [0.2, 0.25) is 0 Å². The minimum atomic E-state index is -0.518. The third-order valence-electron chi connectivity index (χ3n) is 8.26. The Morgan fingerprint density at radius 1 is 1.18 bits per heavy atom. The summed E-state index contributed by atoms with van der Waals surface area (Å²) in [6, 6.07) is 7.12. The van der Waals surface area contributed by atoms with E-state index in [9.17, 15) is 4.39 Å². The summed E-state index contributed by atoms with van der Waals surface area (Å²) in [4.78, 5) is 18.1. The highest BCUT2D eigenvalue weighted by Gasteiger charge is 2.45. The van der Waals surface area contributed by atoms with E-state index < -0.39 is 6.17 Å². The standard InChI is InChI=1S/C20H21ClN4O2.C7H12FN.C2H6/c1-26-19-23-17-11-20(6-5-13-15(20)3-2-4-16(13)21)27-12-14(17)18(24-19)25-9-7-22-8-10-25;8-6-4-7-2-1-3-9(7)5-6;1-2/h2-4,7H,5-6,8-12H2,1H3;6-7H,1-5H2;1-2H3. The van der Waals surface area contributed by atoms with E-state index in [-0.39, 0.29) is 5.60 Å². The summed E-state index contributed by atoms with van der Waals surface area (Å²) in [5.41, 5.74) is 4.12. The number of alkyl halides is 1. The average Bonchev–Trinajstić information content (AvgIpc) is 3.64. The van der Waals surface area contributed by atoms with Crippen LogP contribution in [0.2, 0.25) is 5.02 Å². The quantitative estimate of drug-likeness (QED) is 0.521. The lowest BCUT2D eigenvalue weighted by molar-refractivity contribution is -0.0729. The summed E-state index contributed by atoms with van der Waals surface area (Å²) in [5.74, 6) is 0.905. The van der Waals surface area contributed by atoms with Gasteiger partial charge in [-0.2, -0.15) is 9.97 Å². The highest BCUT2D eigenvalue weighted by molar-refractivity contribution is 6.31. The molecule has 1 aliphatic carbocycles. The molecule has 9 heteroatoms. The van der Waals surface area contributed by atoms with E-state index in [1.54, 1.807) is 7.11 Å². The molecule has 206 valence electrons. The van der Waals surface area contributed by atoms with Crippen LogP contribution in [-0.2, 0) is 29.8 Å². The van der Waals surface area contributed by atoms with Crippen LogP contribution in [0.1, 0.15) is 61.9 Å². The number of aliphatic imine (C=N–C) groups is 1. The summed E-state index contributed by atoms with van der Waals surface area (Å²) in [6.07, 6.45) is 7.31. The molecule has 1 spiro atoms. The molecule has 0 amide bonds. The van der Waals surface area contributed by atoms with Crippen molar-refractivity contribution in [2.24, 2.45) is 4.99 Å². The minimum Gasteiger partial charge on any atom is -0.467 e. The summed E-state index contributed by atoms with van der Waals surface area (Å²) in [7, 11) is 1.61. The molecule has 0 saturated carbocycles. The van der Waals surface area contributed by atoms with E-state index in [1.165, 1.54) is 24.0 Å². The van der Waals surface area contributed by atoms with Crippen LogP contribution in [0, 0.1) is 0 Å². The largest absolute Gasteiger partial charge is 0.467 e. The Hall–Kier alpha value is -2.29. The molecule has 2 saturated heterocycles. The van der Waals surface area contributed by atoms with Crippen molar-refractivity contribution in [2.75, 3.05) is 44.7 Å². The Bertz CT molecular complexity index is 1150. The summed E-state index contributed by atoms with van der Waals surface area (Å²) in [6.45, 7) is 8.71. The fourth-order valence-corrected chi connectivity index (χ4v) is 6.71. The third-order valence-corrected chi connectivity index (χ3v) is 8.61. The van der Waals surface area contributed by atoms with E-state index in [0.29, 0.717) is 31.6 Å². The van der Waals surface area contributed by atoms with Crippen LogP contribution in [0.25, 0.3) is 0 Å². The number of anilines is 1. The molecule has 5 heterocycles. The number of fused-ring (bicyclic) bond motifs is 4. The molecule has 2 aromatic rings. The van der Waals surface area contributed by atoms with Gasteiger partial charge < -0.3 is 14.4 Å². The number of rotatable bonds is 2. The normalized spacial score (nSPS) is 27.1. The number of nitrogens with zero attached hydrogens (tertiary/aromatic N) is 5. The molecule has 3 atom stereocenters. The molecule has 0 bridgehead atoms. The number of aromatic nitrogens is 2. The average molecular weight is 544 g/mol. The monoisotopic (exact) mass is 543 g/mol. The van der Waals surface area contributed by atoms with Crippen LogP contribution < -0.4 is 9.64 Å². The van der Waals surface area contributed by atoms with Gasteiger partial charge in [-0.1, -0.05) is 37.6 Å². The first-order valence-electron chi connectivity index (χ1n) is 14.0. The number of ether oxygens (including phenoxy) is 2. The molecule has 4 aliphatic heterocycles. The Morgan fingerprint density at radius 2 is 2.05 bits per heavy atom. The maximum Gasteiger partial charge on any atom is 0.318 e. The first kappa shape index (κ1) is 27.3. The van der Waals surface area contributed by atoms with E-state index in [1.807, 2.05) is 32.2 Å². The first-order chi connectivity index (χ1) is 18.6. The third kappa shape index (κ3) is 5.27. The van der Waals surface area contributed by atoms with Gasteiger partial charge in [0.15, 0.2) is 0 Å². The van der Waals surface area contributed by atoms with Crippen molar-refractivity contribution in [1.82, 2.24) is 14.9 Å². The smallest absolute Gasteiger partial charge is 0.318 e. The zero-order chi connectivity index (χ0) is 26.7. The molecule has 1 aromatic heterocycles. The molecule has 1 aromatic carbocycles. The van der Waals surface area contributed by atoms with Crippen molar-refractivity contribution >= 4 is 23.6 Å². The zero-order valence-electron chi connectivity index (χ0n) is 22.8. The maximum absolute atomic E-state index is 12.6. The number of methoxy groups -OCH3 is 1. The number of halogens is 2. The van der Waals surface area contributed by atoms with Crippen LogP contribution in [0.3, 0.4) is 0 Å². The molecule has 0 radical (unpaired) electrons. The van der Waals surface area contributed by atoms with Crippen molar-refractivity contribution in [3.05, 3.63) is 45.6 Å². The van der Waals surface area contributed by atoms with Crippen LogP contribution in [0.5, 0.6) is 6.01 Å². The van der Waals surface area contributed by atoms with Crippen LogP contribution >= 0.6 is 11.6 Å². The number of hydrogen-bond donors (Lipinski definition) is 0.